The number of carbonyl (C=O) groups is 4. The van der Waals surface area contributed by atoms with Gasteiger partial charge in [0.1, 0.15) is 12.1 Å². The Morgan fingerprint density at radius 3 is 1.12 bits per heavy atom. The molecule has 0 aliphatic rings. The number of aliphatic hydroxyl groups excluding tert-OH is 1. The number of esters is 1. The molecule has 4 N–H and O–H groups in total. The minimum absolute atomic E-state index is 0.00355. The van der Waals surface area contributed by atoms with Crippen molar-refractivity contribution >= 4 is 23.8 Å². The van der Waals surface area contributed by atoms with Crippen molar-refractivity contribution in [2.24, 2.45) is 0 Å². The average Bonchev–Trinajstić information content (AvgIpc) is 3.21. The molecule has 342 valence electrons. The Bertz CT molecular complexity index is 946. The van der Waals surface area contributed by atoms with Gasteiger partial charge in [0.05, 0.1) is 13.2 Å². The number of hydrogen-bond acceptors (Lipinski definition) is 6. The molecule has 0 aliphatic carbocycles. The van der Waals surface area contributed by atoms with E-state index in [0.29, 0.717) is 19.3 Å². The summed E-state index contributed by atoms with van der Waals surface area (Å²) < 4.78 is 6.02. The number of carboxylic acid groups (broad SMARTS) is 1. The number of hydrogen-bond donors (Lipinski definition) is 4. The fourth-order valence-corrected chi connectivity index (χ4v) is 7.78. The maximum atomic E-state index is 12.8. The van der Waals surface area contributed by atoms with Gasteiger partial charge in [-0.25, -0.2) is 4.79 Å². The van der Waals surface area contributed by atoms with Crippen LogP contribution in [-0.4, -0.2) is 59.3 Å². The summed E-state index contributed by atoms with van der Waals surface area (Å²) in [6.45, 7) is 3.50. The van der Waals surface area contributed by atoms with Crippen LogP contribution in [0.1, 0.15) is 264 Å². The van der Waals surface area contributed by atoms with E-state index in [9.17, 15) is 19.2 Å². The number of aliphatic hydroxyl groups is 1. The third-order valence-corrected chi connectivity index (χ3v) is 11.6. The van der Waals surface area contributed by atoms with E-state index in [2.05, 4.69) is 24.5 Å². The summed E-state index contributed by atoms with van der Waals surface area (Å²) in [4.78, 5) is 47.6. The lowest BCUT2D eigenvalue weighted by Gasteiger charge is -2.18. The van der Waals surface area contributed by atoms with Crippen molar-refractivity contribution in [3.05, 3.63) is 0 Å². The number of carboxylic acids is 1. The highest BCUT2D eigenvalue weighted by molar-refractivity contribution is 5.87. The maximum absolute atomic E-state index is 12.8. The van der Waals surface area contributed by atoms with E-state index in [-0.39, 0.29) is 24.5 Å². The van der Waals surface area contributed by atoms with Crippen LogP contribution in [0.5, 0.6) is 0 Å². The maximum Gasteiger partial charge on any atom is 0.328 e. The molecule has 0 bridgehead atoms. The molecule has 0 heterocycles. The van der Waals surface area contributed by atoms with Crippen molar-refractivity contribution in [3.63, 3.8) is 0 Å². The largest absolute Gasteiger partial charge is 0.480 e. The van der Waals surface area contributed by atoms with Gasteiger partial charge in [-0.2, -0.15) is 0 Å². The molecule has 0 aliphatic heterocycles. The summed E-state index contributed by atoms with van der Waals surface area (Å²) >= 11 is 0. The molecule has 9 heteroatoms. The fourth-order valence-electron chi connectivity index (χ4n) is 7.78. The molecule has 0 rings (SSSR count). The predicted octanol–water partition coefficient (Wildman–Crippen LogP) is 12.8. The highest BCUT2D eigenvalue weighted by Crippen LogP contribution is 2.19. The van der Waals surface area contributed by atoms with Crippen LogP contribution in [0.15, 0.2) is 0 Å². The molecule has 0 spiro atoms. The zero-order valence-corrected chi connectivity index (χ0v) is 38.1. The second-order valence-electron chi connectivity index (χ2n) is 17.3. The number of carbonyl (C=O) groups excluding carboxylic acids is 3. The minimum atomic E-state index is -1.38. The number of amides is 2. The van der Waals surface area contributed by atoms with Gasteiger partial charge in [-0.15, -0.1) is 0 Å². The van der Waals surface area contributed by atoms with Crippen LogP contribution >= 0.6 is 0 Å². The Balaban J connectivity index is 3.96. The number of nitrogens with one attached hydrogen (secondary N) is 2. The molecule has 0 aromatic heterocycles. The summed E-state index contributed by atoms with van der Waals surface area (Å²) in [7, 11) is 0. The van der Waals surface area contributed by atoms with E-state index in [0.717, 1.165) is 57.8 Å². The Morgan fingerprint density at radius 2 is 0.776 bits per heavy atom. The number of ether oxygens (including phenoxy) is 1. The van der Waals surface area contributed by atoms with Crippen molar-refractivity contribution < 1.29 is 34.1 Å². The summed E-state index contributed by atoms with van der Waals surface area (Å²) in [5, 5.41) is 22.6. The monoisotopic (exact) mass is 823 g/mol. The normalized spacial score (nSPS) is 12.3. The van der Waals surface area contributed by atoms with Crippen LogP contribution in [0.3, 0.4) is 0 Å². The van der Waals surface area contributed by atoms with Crippen molar-refractivity contribution in [1.82, 2.24) is 10.6 Å². The van der Waals surface area contributed by atoms with E-state index in [1.807, 2.05) is 0 Å². The molecular formula is C49H94N2O7. The quantitative estimate of drug-likeness (QED) is 0.0354. The highest BCUT2D eigenvalue weighted by atomic mass is 16.5. The Hall–Kier alpha value is -2.16. The van der Waals surface area contributed by atoms with E-state index >= 15 is 0 Å². The first-order valence-electron chi connectivity index (χ1n) is 24.9. The van der Waals surface area contributed by atoms with Crippen molar-refractivity contribution in [3.8, 4) is 0 Å². The van der Waals surface area contributed by atoms with Gasteiger partial charge in [0.15, 0.2) is 0 Å². The van der Waals surface area contributed by atoms with Crippen molar-refractivity contribution in [2.45, 2.75) is 276 Å². The van der Waals surface area contributed by atoms with Crippen LogP contribution < -0.4 is 10.6 Å². The van der Waals surface area contributed by atoms with E-state index in [4.69, 9.17) is 14.9 Å². The van der Waals surface area contributed by atoms with Gasteiger partial charge >= 0.3 is 11.9 Å². The molecule has 2 unspecified atom stereocenters. The van der Waals surface area contributed by atoms with Crippen LogP contribution in [0.4, 0.5) is 0 Å². The third-order valence-electron chi connectivity index (χ3n) is 11.6. The highest BCUT2D eigenvalue weighted by Gasteiger charge is 2.19. The lowest BCUT2D eigenvalue weighted by molar-refractivity contribution is -0.150. The topological polar surface area (TPSA) is 142 Å². The molecule has 58 heavy (non-hydrogen) atoms. The molecular weight excluding hydrogens is 729 g/mol. The molecule has 0 radical (unpaired) electrons. The van der Waals surface area contributed by atoms with Gasteiger partial charge in [0.2, 0.25) is 11.8 Å². The summed E-state index contributed by atoms with van der Waals surface area (Å²) in [6.07, 6.45) is 47.3. The van der Waals surface area contributed by atoms with Crippen LogP contribution in [0, 0.1) is 0 Å². The first-order chi connectivity index (χ1) is 28.3. The molecule has 0 saturated carbocycles. The molecule has 0 aromatic rings. The predicted molar refractivity (Wildman–Crippen MR) is 241 cm³/mol. The molecule has 0 fully saturated rings. The van der Waals surface area contributed by atoms with Gasteiger partial charge in [0, 0.05) is 12.8 Å². The SMILES string of the molecule is CCCCCCCCCCCCCCCCCCCCCCCCCC(=O)OC(CCCCCCCCC)CCCCCCCC(=O)NCC(=O)NC(CO)C(=O)O. The average molecular weight is 823 g/mol. The summed E-state index contributed by atoms with van der Waals surface area (Å²) in [5.41, 5.74) is 0. The lowest BCUT2D eigenvalue weighted by atomic mass is 10.0. The van der Waals surface area contributed by atoms with E-state index in [1.165, 1.54) is 173 Å². The first kappa shape index (κ1) is 55.8. The van der Waals surface area contributed by atoms with Crippen LogP contribution in [0.25, 0.3) is 0 Å². The molecule has 2 amide bonds. The fraction of sp³-hybridized carbons (Fsp3) is 0.918. The van der Waals surface area contributed by atoms with Gasteiger partial charge in [-0.1, -0.05) is 213 Å². The standard InChI is InChI=1S/C49H94N2O7/c1-3-5-7-9-11-12-13-14-15-16-17-18-19-20-21-22-23-24-25-26-28-33-37-41-48(55)58-44(38-34-30-27-10-8-6-4-2)39-35-31-29-32-36-40-46(53)50-42-47(54)51-45(43-52)49(56)57/h44-45,52H,3-43H2,1-2H3,(H,50,53)(H,51,54)(H,56,57). The molecule has 2 atom stereocenters. The van der Waals surface area contributed by atoms with Crippen molar-refractivity contribution in [1.29, 1.82) is 0 Å². The summed E-state index contributed by atoms with van der Waals surface area (Å²) in [5.74, 6) is -2.27. The van der Waals surface area contributed by atoms with Crippen LogP contribution in [0.2, 0.25) is 0 Å². The zero-order valence-electron chi connectivity index (χ0n) is 38.1. The number of unbranched alkanes of at least 4 members (excludes halogenated alkanes) is 32. The molecule has 0 aromatic carbocycles. The first-order valence-corrected chi connectivity index (χ1v) is 24.9. The third kappa shape index (κ3) is 40.6. The van der Waals surface area contributed by atoms with E-state index in [1.54, 1.807) is 0 Å². The molecule has 0 saturated heterocycles. The second-order valence-corrected chi connectivity index (χ2v) is 17.3. The van der Waals surface area contributed by atoms with Gasteiger partial charge in [-0.3, -0.25) is 14.4 Å². The number of aliphatic carboxylic acids is 1. The Labute approximate surface area is 357 Å². The van der Waals surface area contributed by atoms with Gasteiger partial charge in [-0.05, 0) is 38.5 Å². The van der Waals surface area contributed by atoms with Gasteiger partial charge in [0.25, 0.3) is 0 Å². The lowest BCUT2D eigenvalue weighted by Crippen LogP contribution is -2.47. The van der Waals surface area contributed by atoms with Crippen LogP contribution in [-0.2, 0) is 23.9 Å². The van der Waals surface area contributed by atoms with Crippen molar-refractivity contribution in [2.75, 3.05) is 13.2 Å². The van der Waals surface area contributed by atoms with E-state index < -0.39 is 24.5 Å². The van der Waals surface area contributed by atoms with Gasteiger partial charge < -0.3 is 25.6 Å². The summed E-state index contributed by atoms with van der Waals surface area (Å²) in [6, 6.07) is -1.38. The Kier molecular flexibility index (Phi) is 42.7. The number of rotatable bonds is 46. The second kappa shape index (κ2) is 44.4. The Morgan fingerprint density at radius 1 is 0.448 bits per heavy atom. The smallest absolute Gasteiger partial charge is 0.328 e. The zero-order chi connectivity index (χ0) is 42.6. The minimum Gasteiger partial charge on any atom is -0.480 e. The molecule has 9 nitrogen and oxygen atoms in total.